The number of carbonyl (C=O) groups is 1. The van der Waals surface area contributed by atoms with Crippen molar-refractivity contribution in [2.75, 3.05) is 14.2 Å². The Labute approximate surface area is 168 Å². The number of methoxy groups -OCH3 is 2. The molecule has 2 aromatic carbocycles. The van der Waals surface area contributed by atoms with Crippen molar-refractivity contribution in [2.24, 2.45) is 0 Å². The number of amides is 1. The zero-order chi connectivity index (χ0) is 20.2. The van der Waals surface area contributed by atoms with Crippen molar-refractivity contribution < 1.29 is 18.7 Å². The fourth-order valence-corrected chi connectivity index (χ4v) is 3.28. The highest BCUT2D eigenvalue weighted by Gasteiger charge is 2.16. The largest absolute Gasteiger partial charge is 0.493 e. The number of aromatic nitrogens is 1. The highest BCUT2D eigenvalue weighted by molar-refractivity contribution is 6.08. The molecule has 2 aromatic heterocycles. The summed E-state index contributed by atoms with van der Waals surface area (Å²) in [5.74, 6) is 1.05. The van der Waals surface area contributed by atoms with E-state index >= 15 is 0 Å². The second kappa shape index (κ2) is 8.06. The molecule has 0 atom stereocenters. The first-order valence-corrected chi connectivity index (χ1v) is 9.11. The van der Waals surface area contributed by atoms with Gasteiger partial charge in [0.1, 0.15) is 5.58 Å². The van der Waals surface area contributed by atoms with Crippen LogP contribution in [-0.4, -0.2) is 25.1 Å². The molecule has 1 amide bonds. The molecule has 0 aliphatic carbocycles. The molecule has 4 aromatic rings. The van der Waals surface area contributed by atoms with E-state index in [2.05, 4.69) is 10.3 Å². The molecule has 146 valence electrons. The number of rotatable bonds is 6. The van der Waals surface area contributed by atoms with Crippen LogP contribution in [0.5, 0.6) is 11.5 Å². The van der Waals surface area contributed by atoms with Gasteiger partial charge in [0.25, 0.3) is 5.91 Å². The molecule has 0 aliphatic heterocycles. The average Bonchev–Trinajstić information content (AvgIpc) is 3.27. The normalized spacial score (nSPS) is 10.7. The van der Waals surface area contributed by atoms with Gasteiger partial charge < -0.3 is 19.2 Å². The minimum absolute atomic E-state index is 0.211. The van der Waals surface area contributed by atoms with Crippen LogP contribution < -0.4 is 14.8 Å². The maximum absolute atomic E-state index is 12.8. The minimum atomic E-state index is -0.211. The van der Waals surface area contributed by atoms with Gasteiger partial charge in [-0.1, -0.05) is 18.2 Å². The second-order valence-corrected chi connectivity index (χ2v) is 6.44. The van der Waals surface area contributed by atoms with Gasteiger partial charge in [-0.25, -0.2) is 0 Å². The molecule has 0 spiro atoms. The summed E-state index contributed by atoms with van der Waals surface area (Å²) >= 11 is 0. The maximum atomic E-state index is 12.8. The van der Waals surface area contributed by atoms with Crippen LogP contribution in [0.15, 0.2) is 71.6 Å². The van der Waals surface area contributed by atoms with Crippen molar-refractivity contribution in [3.63, 3.8) is 0 Å². The molecule has 2 heterocycles. The standard InChI is InChI=1S/C23H20N2O4/c1-27-20-8-5-15(12-21(20)28-2)13-25-23(26)19-7-6-17(16-4-3-10-24-14-16)18-9-11-29-22(18)19/h3-12,14H,13H2,1-2H3,(H,25,26). The number of nitrogens with one attached hydrogen (secondary N) is 1. The van der Waals surface area contributed by atoms with Gasteiger partial charge in [-0.15, -0.1) is 0 Å². The monoisotopic (exact) mass is 388 g/mol. The summed E-state index contributed by atoms with van der Waals surface area (Å²) in [4.78, 5) is 17.0. The van der Waals surface area contributed by atoms with Crippen LogP contribution in [-0.2, 0) is 6.54 Å². The second-order valence-electron chi connectivity index (χ2n) is 6.44. The maximum Gasteiger partial charge on any atom is 0.255 e. The van der Waals surface area contributed by atoms with Gasteiger partial charge in [0, 0.05) is 29.9 Å². The third-order valence-electron chi connectivity index (χ3n) is 4.73. The summed E-state index contributed by atoms with van der Waals surface area (Å²) in [5, 5.41) is 3.81. The number of hydrogen-bond acceptors (Lipinski definition) is 5. The van der Waals surface area contributed by atoms with E-state index in [1.165, 1.54) is 0 Å². The van der Waals surface area contributed by atoms with Gasteiger partial charge in [-0.3, -0.25) is 9.78 Å². The molecule has 1 N–H and O–H groups in total. The van der Waals surface area contributed by atoms with Crippen LogP contribution in [0.4, 0.5) is 0 Å². The Hall–Kier alpha value is -3.80. The molecule has 0 unspecified atom stereocenters. The molecule has 0 saturated carbocycles. The Bertz CT molecular complexity index is 1150. The zero-order valence-electron chi connectivity index (χ0n) is 16.1. The molecule has 6 heteroatoms. The first-order valence-electron chi connectivity index (χ1n) is 9.11. The van der Waals surface area contributed by atoms with Crippen LogP contribution in [0, 0.1) is 0 Å². The summed E-state index contributed by atoms with van der Waals surface area (Å²) in [6.07, 6.45) is 5.11. The highest BCUT2D eigenvalue weighted by atomic mass is 16.5. The third-order valence-corrected chi connectivity index (χ3v) is 4.73. The highest BCUT2D eigenvalue weighted by Crippen LogP contribution is 2.31. The van der Waals surface area contributed by atoms with Crippen molar-refractivity contribution >= 4 is 16.9 Å². The summed E-state index contributed by atoms with van der Waals surface area (Å²) in [6, 6.07) is 15.0. The predicted octanol–water partition coefficient (Wildman–Crippen LogP) is 4.44. The molecule has 0 aliphatic rings. The predicted molar refractivity (Wildman–Crippen MR) is 110 cm³/mol. The zero-order valence-corrected chi connectivity index (χ0v) is 16.1. The molecule has 0 bridgehead atoms. The Morgan fingerprint density at radius 2 is 1.93 bits per heavy atom. The fourth-order valence-electron chi connectivity index (χ4n) is 3.28. The lowest BCUT2D eigenvalue weighted by Gasteiger charge is -2.11. The summed E-state index contributed by atoms with van der Waals surface area (Å²) in [7, 11) is 3.17. The van der Waals surface area contributed by atoms with Crippen LogP contribution in [0.2, 0.25) is 0 Å². The van der Waals surface area contributed by atoms with Gasteiger partial charge in [0.05, 0.1) is 26.0 Å². The van der Waals surface area contributed by atoms with Crippen LogP contribution >= 0.6 is 0 Å². The Balaban J connectivity index is 1.58. The smallest absolute Gasteiger partial charge is 0.255 e. The number of fused-ring (bicyclic) bond motifs is 1. The van der Waals surface area contributed by atoms with Gasteiger partial charge >= 0.3 is 0 Å². The van der Waals surface area contributed by atoms with Crippen molar-refractivity contribution in [2.45, 2.75) is 6.54 Å². The van der Waals surface area contributed by atoms with E-state index in [0.717, 1.165) is 22.1 Å². The molecule has 0 fully saturated rings. The topological polar surface area (TPSA) is 73.6 Å². The van der Waals surface area contributed by atoms with Gasteiger partial charge in [-0.2, -0.15) is 0 Å². The lowest BCUT2D eigenvalue weighted by Crippen LogP contribution is -2.23. The van der Waals surface area contributed by atoms with Crippen molar-refractivity contribution in [1.82, 2.24) is 10.3 Å². The van der Waals surface area contributed by atoms with E-state index in [1.54, 1.807) is 38.9 Å². The molecule has 29 heavy (non-hydrogen) atoms. The van der Waals surface area contributed by atoms with E-state index in [1.807, 2.05) is 42.5 Å². The van der Waals surface area contributed by atoms with E-state index in [-0.39, 0.29) is 5.91 Å². The number of hydrogen-bond donors (Lipinski definition) is 1. The van der Waals surface area contributed by atoms with E-state index in [0.29, 0.717) is 29.2 Å². The fraction of sp³-hybridized carbons (Fsp3) is 0.130. The number of benzene rings is 2. The van der Waals surface area contributed by atoms with Gasteiger partial charge in [0.2, 0.25) is 0 Å². The van der Waals surface area contributed by atoms with Gasteiger partial charge in [-0.05, 0) is 41.5 Å². The summed E-state index contributed by atoms with van der Waals surface area (Å²) in [5.41, 5.74) is 3.88. The Kier molecular flexibility index (Phi) is 5.16. The summed E-state index contributed by atoms with van der Waals surface area (Å²) < 4.78 is 16.2. The van der Waals surface area contributed by atoms with E-state index < -0.39 is 0 Å². The Morgan fingerprint density at radius 1 is 1.07 bits per heavy atom. The van der Waals surface area contributed by atoms with Crippen molar-refractivity contribution in [3.8, 4) is 22.6 Å². The van der Waals surface area contributed by atoms with Crippen LogP contribution in [0.1, 0.15) is 15.9 Å². The average molecular weight is 388 g/mol. The minimum Gasteiger partial charge on any atom is -0.493 e. The molecule has 0 radical (unpaired) electrons. The summed E-state index contributed by atoms with van der Waals surface area (Å²) in [6.45, 7) is 0.353. The quantitative estimate of drug-likeness (QED) is 0.529. The molecule has 0 saturated heterocycles. The van der Waals surface area contributed by atoms with Crippen LogP contribution in [0.3, 0.4) is 0 Å². The van der Waals surface area contributed by atoms with Crippen molar-refractivity contribution in [3.05, 3.63) is 78.3 Å². The van der Waals surface area contributed by atoms with Gasteiger partial charge in [0.15, 0.2) is 11.5 Å². The number of pyridine rings is 1. The SMILES string of the molecule is COc1ccc(CNC(=O)c2ccc(-c3cccnc3)c3ccoc23)cc1OC. The van der Waals surface area contributed by atoms with Crippen LogP contribution in [0.25, 0.3) is 22.1 Å². The molecule has 6 nitrogen and oxygen atoms in total. The number of ether oxygens (including phenoxy) is 2. The third kappa shape index (κ3) is 3.65. The number of furan rings is 1. The van der Waals surface area contributed by atoms with Crippen molar-refractivity contribution in [1.29, 1.82) is 0 Å². The molecule has 4 rings (SSSR count). The van der Waals surface area contributed by atoms with E-state index in [9.17, 15) is 4.79 Å². The first kappa shape index (κ1) is 18.6. The number of nitrogens with zero attached hydrogens (tertiary/aromatic N) is 1. The Morgan fingerprint density at radius 3 is 2.69 bits per heavy atom. The lowest BCUT2D eigenvalue weighted by atomic mass is 10.0. The van der Waals surface area contributed by atoms with E-state index in [4.69, 9.17) is 13.9 Å². The first-order chi connectivity index (χ1) is 14.2. The molecular formula is C23H20N2O4. The lowest BCUT2D eigenvalue weighted by molar-refractivity contribution is 0.0951. The molecular weight excluding hydrogens is 368 g/mol. The number of carbonyl (C=O) groups excluding carboxylic acids is 1.